The first kappa shape index (κ1) is 13.8. The van der Waals surface area contributed by atoms with Gasteiger partial charge in [-0.3, -0.25) is 0 Å². The zero-order chi connectivity index (χ0) is 13.9. The highest BCUT2D eigenvalue weighted by Crippen LogP contribution is 2.14. The lowest BCUT2D eigenvalue weighted by Crippen LogP contribution is -2.26. The van der Waals surface area contributed by atoms with Gasteiger partial charge in [-0.15, -0.1) is 0 Å². The molecule has 2 N–H and O–H groups in total. The first-order valence-electron chi connectivity index (χ1n) is 6.03. The molecule has 0 amide bonds. The van der Waals surface area contributed by atoms with Gasteiger partial charge in [0, 0.05) is 25.4 Å². The molecular weight excluding hydrogens is 262 g/mol. The zero-order valence-corrected chi connectivity index (χ0v) is 11.8. The molecule has 1 heterocycles. The van der Waals surface area contributed by atoms with Crippen molar-refractivity contribution in [2.75, 3.05) is 6.54 Å². The van der Waals surface area contributed by atoms with Gasteiger partial charge in [-0.1, -0.05) is 6.07 Å². The van der Waals surface area contributed by atoms with Gasteiger partial charge in [0.25, 0.3) is 0 Å². The van der Waals surface area contributed by atoms with Crippen LogP contribution in [0.2, 0.25) is 0 Å². The van der Waals surface area contributed by atoms with Gasteiger partial charge in [0.15, 0.2) is 0 Å². The Morgan fingerprint density at radius 2 is 1.89 bits per heavy atom. The normalized spacial score (nSPS) is 11.7. The molecular formula is C13H17N3O2S. The van der Waals surface area contributed by atoms with Crippen LogP contribution in [0.1, 0.15) is 17.0 Å². The average molecular weight is 279 g/mol. The number of benzene rings is 1. The number of nitrogens with one attached hydrogen (secondary N) is 2. The predicted octanol–water partition coefficient (Wildman–Crippen LogP) is 1.55. The number of aromatic amines is 1. The van der Waals surface area contributed by atoms with Gasteiger partial charge in [0.05, 0.1) is 4.90 Å². The van der Waals surface area contributed by atoms with E-state index in [-0.39, 0.29) is 0 Å². The van der Waals surface area contributed by atoms with E-state index >= 15 is 0 Å². The van der Waals surface area contributed by atoms with Gasteiger partial charge >= 0.3 is 0 Å². The summed E-state index contributed by atoms with van der Waals surface area (Å²) < 4.78 is 26.8. The van der Waals surface area contributed by atoms with Crippen LogP contribution in [0, 0.1) is 13.8 Å². The molecule has 0 radical (unpaired) electrons. The number of aromatic nitrogens is 2. The largest absolute Gasteiger partial charge is 0.349 e. The number of hydrogen-bond donors (Lipinski definition) is 2. The molecule has 19 heavy (non-hydrogen) atoms. The number of nitrogens with zero attached hydrogens (tertiary/aromatic N) is 1. The Balaban J connectivity index is 2.05. The van der Waals surface area contributed by atoms with E-state index in [1.807, 2.05) is 19.9 Å². The maximum absolute atomic E-state index is 12.1. The molecule has 1 aromatic carbocycles. The molecule has 0 unspecified atom stereocenters. The van der Waals surface area contributed by atoms with E-state index in [0.717, 1.165) is 17.0 Å². The number of rotatable bonds is 5. The van der Waals surface area contributed by atoms with Crippen LogP contribution in [0.5, 0.6) is 0 Å². The molecule has 102 valence electrons. The minimum atomic E-state index is -3.45. The monoisotopic (exact) mass is 279 g/mol. The molecule has 0 bridgehead atoms. The SMILES string of the molecule is Cc1cc(C)cc(S(=O)(=O)NCCc2ncc[nH]2)c1. The minimum Gasteiger partial charge on any atom is -0.349 e. The molecule has 5 nitrogen and oxygen atoms in total. The smallest absolute Gasteiger partial charge is 0.240 e. The van der Waals surface area contributed by atoms with Crippen LogP contribution in [0.3, 0.4) is 0 Å². The summed E-state index contributed by atoms with van der Waals surface area (Å²) in [4.78, 5) is 7.29. The maximum atomic E-state index is 12.1. The highest BCUT2D eigenvalue weighted by molar-refractivity contribution is 7.89. The fourth-order valence-electron chi connectivity index (χ4n) is 1.91. The Bertz CT molecular complexity index is 628. The van der Waals surface area contributed by atoms with Crippen molar-refractivity contribution in [3.05, 3.63) is 47.5 Å². The van der Waals surface area contributed by atoms with Gasteiger partial charge in [-0.2, -0.15) is 0 Å². The highest BCUT2D eigenvalue weighted by Gasteiger charge is 2.14. The molecule has 0 fully saturated rings. The van der Waals surface area contributed by atoms with Crippen LogP contribution in [0.15, 0.2) is 35.5 Å². The van der Waals surface area contributed by atoms with Gasteiger partial charge in [0.1, 0.15) is 5.82 Å². The van der Waals surface area contributed by atoms with E-state index in [2.05, 4.69) is 14.7 Å². The molecule has 6 heteroatoms. The van der Waals surface area contributed by atoms with E-state index in [1.165, 1.54) is 0 Å². The summed E-state index contributed by atoms with van der Waals surface area (Å²) in [5.41, 5.74) is 1.87. The molecule has 0 saturated heterocycles. The Morgan fingerprint density at radius 3 is 2.47 bits per heavy atom. The van der Waals surface area contributed by atoms with Crippen molar-refractivity contribution in [3.63, 3.8) is 0 Å². The topological polar surface area (TPSA) is 74.8 Å². The molecule has 2 aromatic rings. The third-order valence-electron chi connectivity index (χ3n) is 2.71. The molecule has 0 spiro atoms. The third-order valence-corrected chi connectivity index (χ3v) is 4.15. The van der Waals surface area contributed by atoms with Gasteiger partial charge < -0.3 is 4.98 Å². The summed E-state index contributed by atoms with van der Waals surface area (Å²) in [6, 6.07) is 5.28. The van der Waals surface area contributed by atoms with Gasteiger partial charge in [0.2, 0.25) is 10.0 Å². The molecule has 2 rings (SSSR count). The van der Waals surface area contributed by atoms with Crippen molar-refractivity contribution in [1.29, 1.82) is 0 Å². The summed E-state index contributed by atoms with van der Waals surface area (Å²) in [6.45, 7) is 4.09. The zero-order valence-electron chi connectivity index (χ0n) is 11.0. The molecule has 0 aliphatic heterocycles. The maximum Gasteiger partial charge on any atom is 0.240 e. The summed E-state index contributed by atoms with van der Waals surface area (Å²) in [5.74, 6) is 0.767. The fourth-order valence-corrected chi connectivity index (χ4v) is 3.13. The lowest BCUT2D eigenvalue weighted by molar-refractivity contribution is 0.581. The summed E-state index contributed by atoms with van der Waals surface area (Å²) in [6.07, 6.45) is 3.90. The van der Waals surface area contributed by atoms with Gasteiger partial charge in [-0.25, -0.2) is 18.1 Å². The van der Waals surface area contributed by atoms with Crippen molar-refractivity contribution in [2.24, 2.45) is 0 Å². The lowest BCUT2D eigenvalue weighted by Gasteiger charge is -2.08. The van der Waals surface area contributed by atoms with Crippen LogP contribution in [0.25, 0.3) is 0 Å². The minimum absolute atomic E-state index is 0.310. The molecule has 0 saturated carbocycles. The number of sulfonamides is 1. The van der Waals surface area contributed by atoms with E-state index in [0.29, 0.717) is 17.9 Å². The van der Waals surface area contributed by atoms with Crippen molar-refractivity contribution < 1.29 is 8.42 Å². The average Bonchev–Trinajstić information content (AvgIpc) is 2.80. The second-order valence-corrected chi connectivity index (χ2v) is 6.27. The number of hydrogen-bond acceptors (Lipinski definition) is 3. The number of imidazole rings is 1. The van der Waals surface area contributed by atoms with E-state index in [9.17, 15) is 8.42 Å². The first-order chi connectivity index (χ1) is 8.97. The van der Waals surface area contributed by atoms with Gasteiger partial charge in [-0.05, 0) is 37.1 Å². The van der Waals surface area contributed by atoms with Crippen molar-refractivity contribution in [2.45, 2.75) is 25.2 Å². The molecule has 0 aliphatic carbocycles. The van der Waals surface area contributed by atoms with Crippen molar-refractivity contribution in [3.8, 4) is 0 Å². The van der Waals surface area contributed by atoms with Crippen LogP contribution in [0.4, 0.5) is 0 Å². The Labute approximate surface area is 113 Å². The van der Waals surface area contributed by atoms with E-state index in [4.69, 9.17) is 0 Å². The van der Waals surface area contributed by atoms with Crippen LogP contribution in [-0.4, -0.2) is 24.9 Å². The van der Waals surface area contributed by atoms with Crippen molar-refractivity contribution in [1.82, 2.24) is 14.7 Å². The summed E-state index contributed by atoms with van der Waals surface area (Å²) in [5, 5.41) is 0. The van der Waals surface area contributed by atoms with Crippen LogP contribution in [-0.2, 0) is 16.4 Å². The van der Waals surface area contributed by atoms with E-state index < -0.39 is 10.0 Å². The first-order valence-corrected chi connectivity index (χ1v) is 7.52. The summed E-state index contributed by atoms with van der Waals surface area (Å²) in [7, 11) is -3.45. The molecule has 0 aliphatic rings. The Kier molecular flexibility index (Phi) is 4.01. The van der Waals surface area contributed by atoms with E-state index in [1.54, 1.807) is 24.5 Å². The standard InChI is InChI=1S/C13H17N3O2S/c1-10-7-11(2)9-12(8-10)19(17,18)16-4-3-13-14-5-6-15-13/h5-9,16H,3-4H2,1-2H3,(H,14,15). The quantitative estimate of drug-likeness (QED) is 0.872. The second-order valence-electron chi connectivity index (χ2n) is 4.51. The summed E-state index contributed by atoms with van der Waals surface area (Å²) >= 11 is 0. The Hall–Kier alpha value is -1.66. The number of H-pyrrole nitrogens is 1. The Morgan fingerprint density at radius 1 is 1.21 bits per heavy atom. The van der Waals surface area contributed by atoms with Crippen LogP contribution < -0.4 is 4.72 Å². The molecule has 0 atom stereocenters. The third kappa shape index (κ3) is 3.65. The van der Waals surface area contributed by atoms with Crippen molar-refractivity contribution >= 4 is 10.0 Å². The molecule has 1 aromatic heterocycles. The lowest BCUT2D eigenvalue weighted by atomic mass is 10.2. The predicted molar refractivity (Wildman–Crippen MR) is 73.4 cm³/mol. The highest BCUT2D eigenvalue weighted by atomic mass is 32.2. The second kappa shape index (κ2) is 5.54. The number of aryl methyl sites for hydroxylation is 2. The van der Waals surface area contributed by atoms with Crippen LogP contribution >= 0.6 is 0 Å². The fraction of sp³-hybridized carbons (Fsp3) is 0.308.